The summed E-state index contributed by atoms with van der Waals surface area (Å²) in [6, 6.07) is 12.3. The van der Waals surface area contributed by atoms with E-state index in [4.69, 9.17) is 15.6 Å². The zero-order valence-electron chi connectivity index (χ0n) is 11.2. The van der Waals surface area contributed by atoms with Gasteiger partial charge in [-0.2, -0.15) is 0 Å². The van der Waals surface area contributed by atoms with Gasteiger partial charge in [0, 0.05) is 18.7 Å². The molecule has 2 aromatic rings. The molecular weight excluding hydrogens is 257 g/mol. The number of para-hydroxylation sites is 1. The molecule has 0 aromatic heterocycles. The van der Waals surface area contributed by atoms with E-state index in [0.717, 1.165) is 11.1 Å². The number of hydrogen-bond donors (Lipinski definition) is 2. The highest BCUT2D eigenvalue weighted by Crippen LogP contribution is 2.20. The Hall–Kier alpha value is -1.91. The van der Waals surface area contributed by atoms with Gasteiger partial charge >= 0.3 is 0 Å². The van der Waals surface area contributed by atoms with Gasteiger partial charge in [-0.1, -0.05) is 30.3 Å². The standard InChI is InChI=1S/C16H18FNO2/c17-15-9-12(10-18)5-6-14(15)11-20-16-4-2-1-3-13(16)7-8-19/h1-6,9,19H,7-8,10-11,18H2. The third-order valence-electron chi connectivity index (χ3n) is 3.09. The molecule has 0 saturated heterocycles. The number of aliphatic hydroxyl groups is 1. The van der Waals surface area contributed by atoms with Crippen molar-refractivity contribution in [3.63, 3.8) is 0 Å². The van der Waals surface area contributed by atoms with Crippen molar-refractivity contribution in [3.8, 4) is 5.75 Å². The minimum absolute atomic E-state index is 0.0555. The second kappa shape index (κ2) is 7.03. The van der Waals surface area contributed by atoms with Crippen molar-refractivity contribution in [1.29, 1.82) is 0 Å². The molecule has 0 unspecified atom stereocenters. The SMILES string of the molecule is NCc1ccc(COc2ccccc2CCO)c(F)c1. The Bertz CT molecular complexity index is 572. The second-order valence-electron chi connectivity index (χ2n) is 4.50. The maximum atomic E-state index is 13.8. The number of benzene rings is 2. The van der Waals surface area contributed by atoms with Gasteiger partial charge in [-0.05, 0) is 29.7 Å². The summed E-state index contributed by atoms with van der Waals surface area (Å²) >= 11 is 0. The molecular formula is C16H18FNO2. The zero-order chi connectivity index (χ0) is 14.4. The molecule has 0 heterocycles. The van der Waals surface area contributed by atoms with Gasteiger partial charge in [0.05, 0.1) is 0 Å². The molecule has 3 N–H and O–H groups in total. The van der Waals surface area contributed by atoms with Crippen molar-refractivity contribution in [2.75, 3.05) is 6.61 Å². The quantitative estimate of drug-likeness (QED) is 0.851. The predicted molar refractivity (Wildman–Crippen MR) is 75.9 cm³/mol. The lowest BCUT2D eigenvalue weighted by Crippen LogP contribution is -2.03. The van der Waals surface area contributed by atoms with Crippen LogP contribution in [-0.4, -0.2) is 11.7 Å². The summed E-state index contributed by atoms with van der Waals surface area (Å²) in [5.74, 6) is 0.358. The number of rotatable bonds is 6. The van der Waals surface area contributed by atoms with Crippen molar-refractivity contribution in [1.82, 2.24) is 0 Å². The third-order valence-corrected chi connectivity index (χ3v) is 3.09. The van der Waals surface area contributed by atoms with Crippen LogP contribution in [0.25, 0.3) is 0 Å². The van der Waals surface area contributed by atoms with Gasteiger partial charge in [-0.25, -0.2) is 4.39 Å². The summed E-state index contributed by atoms with van der Waals surface area (Å²) in [6.07, 6.45) is 0.519. The monoisotopic (exact) mass is 275 g/mol. The van der Waals surface area contributed by atoms with Crippen LogP contribution in [0, 0.1) is 5.82 Å². The van der Waals surface area contributed by atoms with Crippen LogP contribution in [0.15, 0.2) is 42.5 Å². The van der Waals surface area contributed by atoms with Crippen LogP contribution in [0.1, 0.15) is 16.7 Å². The Morgan fingerprint density at radius 1 is 1.10 bits per heavy atom. The fraction of sp³-hybridized carbons (Fsp3) is 0.250. The van der Waals surface area contributed by atoms with E-state index in [2.05, 4.69) is 0 Å². The Kier molecular flexibility index (Phi) is 5.09. The molecule has 0 amide bonds. The van der Waals surface area contributed by atoms with E-state index in [0.29, 0.717) is 24.3 Å². The molecule has 2 rings (SSSR count). The summed E-state index contributed by atoms with van der Waals surface area (Å²) in [7, 11) is 0. The molecule has 4 heteroatoms. The molecule has 0 atom stereocenters. The smallest absolute Gasteiger partial charge is 0.130 e. The topological polar surface area (TPSA) is 55.5 Å². The summed E-state index contributed by atoms with van der Waals surface area (Å²) in [5, 5.41) is 9.00. The molecule has 0 aliphatic carbocycles. The van der Waals surface area contributed by atoms with Crippen molar-refractivity contribution >= 4 is 0 Å². The highest BCUT2D eigenvalue weighted by atomic mass is 19.1. The van der Waals surface area contributed by atoms with E-state index in [1.165, 1.54) is 6.07 Å². The molecule has 0 aliphatic heterocycles. The first-order chi connectivity index (χ1) is 9.74. The number of aliphatic hydroxyl groups excluding tert-OH is 1. The van der Waals surface area contributed by atoms with Crippen molar-refractivity contribution in [2.24, 2.45) is 5.73 Å². The Balaban J connectivity index is 2.09. The van der Waals surface area contributed by atoms with E-state index < -0.39 is 0 Å². The van der Waals surface area contributed by atoms with Crippen LogP contribution < -0.4 is 10.5 Å². The molecule has 0 bridgehead atoms. The third kappa shape index (κ3) is 3.56. The molecule has 20 heavy (non-hydrogen) atoms. The first-order valence-electron chi connectivity index (χ1n) is 6.53. The molecule has 0 fully saturated rings. The Morgan fingerprint density at radius 3 is 2.60 bits per heavy atom. The van der Waals surface area contributed by atoms with Gasteiger partial charge in [0.25, 0.3) is 0 Å². The molecule has 0 saturated carbocycles. The van der Waals surface area contributed by atoms with Crippen molar-refractivity contribution < 1.29 is 14.2 Å². The van der Waals surface area contributed by atoms with E-state index in [-0.39, 0.29) is 19.0 Å². The van der Waals surface area contributed by atoms with Crippen LogP contribution >= 0.6 is 0 Å². The lowest BCUT2D eigenvalue weighted by molar-refractivity contribution is 0.281. The molecule has 0 spiro atoms. The van der Waals surface area contributed by atoms with Gasteiger partial charge in [0.15, 0.2) is 0 Å². The molecule has 0 aliphatic rings. The number of halogens is 1. The highest BCUT2D eigenvalue weighted by molar-refractivity contribution is 5.34. The summed E-state index contributed by atoms with van der Waals surface area (Å²) in [6.45, 7) is 0.524. The first kappa shape index (κ1) is 14.5. The van der Waals surface area contributed by atoms with Gasteiger partial charge in [0.1, 0.15) is 18.2 Å². The minimum atomic E-state index is -0.312. The molecule has 2 aromatic carbocycles. The van der Waals surface area contributed by atoms with Gasteiger partial charge < -0.3 is 15.6 Å². The molecule has 3 nitrogen and oxygen atoms in total. The maximum Gasteiger partial charge on any atom is 0.130 e. The lowest BCUT2D eigenvalue weighted by atomic mass is 10.1. The number of nitrogens with two attached hydrogens (primary N) is 1. The number of ether oxygens (including phenoxy) is 1. The molecule has 106 valence electrons. The predicted octanol–water partition coefficient (Wildman–Crippen LogP) is 2.40. The summed E-state index contributed by atoms with van der Waals surface area (Å²) in [4.78, 5) is 0. The average Bonchev–Trinajstić information content (AvgIpc) is 2.47. The van der Waals surface area contributed by atoms with E-state index >= 15 is 0 Å². The normalized spacial score (nSPS) is 10.6. The minimum Gasteiger partial charge on any atom is -0.489 e. The van der Waals surface area contributed by atoms with Crippen molar-refractivity contribution in [3.05, 3.63) is 65.0 Å². The summed E-state index contributed by atoms with van der Waals surface area (Å²) < 4.78 is 19.5. The fourth-order valence-corrected chi connectivity index (χ4v) is 1.96. The second-order valence-corrected chi connectivity index (χ2v) is 4.50. The number of hydrogen-bond acceptors (Lipinski definition) is 3. The zero-order valence-corrected chi connectivity index (χ0v) is 11.2. The van der Waals surface area contributed by atoms with Crippen LogP contribution in [-0.2, 0) is 19.6 Å². The first-order valence-corrected chi connectivity index (χ1v) is 6.53. The Morgan fingerprint density at radius 2 is 1.90 bits per heavy atom. The lowest BCUT2D eigenvalue weighted by Gasteiger charge is -2.11. The van der Waals surface area contributed by atoms with Crippen LogP contribution in [0.5, 0.6) is 5.75 Å². The highest BCUT2D eigenvalue weighted by Gasteiger charge is 2.06. The Labute approximate surface area is 117 Å². The maximum absolute atomic E-state index is 13.8. The molecule has 0 radical (unpaired) electrons. The van der Waals surface area contributed by atoms with E-state index in [9.17, 15) is 4.39 Å². The largest absolute Gasteiger partial charge is 0.489 e. The van der Waals surface area contributed by atoms with Crippen molar-refractivity contribution in [2.45, 2.75) is 19.6 Å². The van der Waals surface area contributed by atoms with Crippen LogP contribution in [0.2, 0.25) is 0 Å². The van der Waals surface area contributed by atoms with E-state index in [1.54, 1.807) is 12.1 Å². The fourth-order valence-electron chi connectivity index (χ4n) is 1.96. The van der Waals surface area contributed by atoms with Crippen LogP contribution in [0.4, 0.5) is 4.39 Å². The average molecular weight is 275 g/mol. The van der Waals surface area contributed by atoms with E-state index in [1.807, 2.05) is 24.3 Å². The van der Waals surface area contributed by atoms with Gasteiger partial charge in [0.2, 0.25) is 0 Å². The van der Waals surface area contributed by atoms with Gasteiger partial charge in [-0.15, -0.1) is 0 Å². The van der Waals surface area contributed by atoms with Gasteiger partial charge in [-0.3, -0.25) is 0 Å². The van der Waals surface area contributed by atoms with Crippen LogP contribution in [0.3, 0.4) is 0 Å². The summed E-state index contributed by atoms with van der Waals surface area (Å²) in [5.41, 5.74) is 7.62.